The van der Waals surface area contributed by atoms with Crippen molar-refractivity contribution in [3.05, 3.63) is 91.1 Å². The first kappa shape index (κ1) is 31.4. The summed E-state index contributed by atoms with van der Waals surface area (Å²) in [5.74, 6) is -5.14. The number of anilines is 2. The molecule has 0 atom stereocenters. The summed E-state index contributed by atoms with van der Waals surface area (Å²) < 4.78 is 47.1. The van der Waals surface area contributed by atoms with E-state index in [-0.39, 0.29) is 48.4 Å². The van der Waals surface area contributed by atoms with Crippen LogP contribution in [0, 0.1) is 17.5 Å². The summed E-state index contributed by atoms with van der Waals surface area (Å²) in [7, 11) is 1.72. The van der Waals surface area contributed by atoms with Gasteiger partial charge in [0.05, 0.1) is 29.3 Å². The maximum Gasteiger partial charge on any atom is 0.355 e. The lowest BCUT2D eigenvalue weighted by atomic mass is 10.0. The number of hydrogen-bond donors (Lipinski definition) is 3. The Labute approximate surface area is 256 Å². The fourth-order valence-corrected chi connectivity index (χ4v) is 5.11. The van der Waals surface area contributed by atoms with Crippen molar-refractivity contribution in [2.45, 2.75) is 38.9 Å². The van der Waals surface area contributed by atoms with Gasteiger partial charge in [0.25, 0.3) is 0 Å². The lowest BCUT2D eigenvalue weighted by Gasteiger charge is -2.19. The third kappa shape index (κ3) is 6.58. The second-order valence-corrected chi connectivity index (χ2v) is 10.4. The van der Waals surface area contributed by atoms with E-state index in [1.807, 2.05) is 0 Å². The summed E-state index contributed by atoms with van der Waals surface area (Å²) in [6, 6.07) is 2.51. The lowest BCUT2D eigenvalue weighted by molar-refractivity contribution is -0.137. The van der Waals surface area contributed by atoms with Gasteiger partial charge in [0, 0.05) is 43.2 Å². The van der Waals surface area contributed by atoms with Crippen molar-refractivity contribution in [3.8, 4) is 0 Å². The van der Waals surface area contributed by atoms with Crippen molar-refractivity contribution >= 4 is 40.1 Å². The summed E-state index contributed by atoms with van der Waals surface area (Å²) in [6.45, 7) is -0.758. The van der Waals surface area contributed by atoms with Gasteiger partial charge in [-0.2, -0.15) is 15.2 Å². The zero-order chi connectivity index (χ0) is 32.4. The molecule has 0 radical (unpaired) electrons. The van der Waals surface area contributed by atoms with E-state index < -0.39 is 53.5 Å². The van der Waals surface area contributed by atoms with Gasteiger partial charge >= 0.3 is 17.3 Å². The summed E-state index contributed by atoms with van der Waals surface area (Å²) in [5, 5.41) is 21.1. The van der Waals surface area contributed by atoms with Crippen molar-refractivity contribution < 1.29 is 23.1 Å². The fraction of sp³-hybridized carbons (Fsp3) is 0.296. The van der Waals surface area contributed by atoms with Gasteiger partial charge in [-0.05, 0) is 37.1 Å². The number of nitrogens with two attached hydrogens (primary N) is 1. The number of benzene rings is 2. The number of halogens is 4. The highest BCUT2D eigenvalue weighted by molar-refractivity contribution is 6.34. The van der Waals surface area contributed by atoms with Gasteiger partial charge in [-0.15, -0.1) is 0 Å². The predicted molar refractivity (Wildman–Crippen MR) is 156 cm³/mol. The van der Waals surface area contributed by atoms with E-state index in [1.54, 1.807) is 24.0 Å². The van der Waals surface area contributed by atoms with Crippen LogP contribution < -0.4 is 22.4 Å². The molecule has 18 heteroatoms. The van der Waals surface area contributed by atoms with E-state index in [0.717, 1.165) is 4.57 Å². The fourth-order valence-electron chi connectivity index (χ4n) is 4.84. The Morgan fingerprint density at radius 2 is 1.84 bits per heavy atom. The molecule has 45 heavy (non-hydrogen) atoms. The number of carbonyl (C=O) groups is 1. The van der Waals surface area contributed by atoms with Gasteiger partial charge in [0.1, 0.15) is 18.0 Å². The standard InChI is InChI=1S/C27H26ClF3N10O4/c1-38-11-16-15(4-5-32)24(17(28)8-21(16)37-38)35-25-36-26(44)40(12-22-33-13-34-41(22)6-2-3-23(42)43)27(45)39(25)10-14-7-19(30)20(31)9-18(14)29/h7-9,11,13H,2-6,10,12,32H2,1H3,(H,42,43)(H,35,36,44). The molecule has 2 aromatic carbocycles. The third-order valence-corrected chi connectivity index (χ3v) is 7.24. The second kappa shape index (κ2) is 12.9. The van der Waals surface area contributed by atoms with Crippen LogP contribution in [-0.4, -0.2) is 56.3 Å². The van der Waals surface area contributed by atoms with E-state index in [1.165, 1.54) is 11.0 Å². The average Bonchev–Trinajstić information content (AvgIpc) is 3.58. The van der Waals surface area contributed by atoms with Crippen LogP contribution in [0.3, 0.4) is 0 Å². The van der Waals surface area contributed by atoms with Gasteiger partial charge in [-0.3, -0.25) is 14.0 Å². The van der Waals surface area contributed by atoms with Crippen molar-refractivity contribution in [3.63, 3.8) is 0 Å². The zero-order valence-corrected chi connectivity index (χ0v) is 24.4. The van der Waals surface area contributed by atoms with Crippen LogP contribution in [0.1, 0.15) is 29.8 Å². The van der Waals surface area contributed by atoms with E-state index >= 15 is 0 Å². The number of carboxylic acid groups (broad SMARTS) is 1. The molecule has 0 spiro atoms. The highest BCUT2D eigenvalue weighted by Gasteiger charge is 2.22. The molecule has 0 aliphatic rings. The Hall–Kier alpha value is -5.03. The van der Waals surface area contributed by atoms with E-state index in [9.17, 15) is 27.6 Å². The van der Waals surface area contributed by atoms with Crippen molar-refractivity contribution in [2.24, 2.45) is 12.8 Å². The Kier molecular flexibility index (Phi) is 9.01. The zero-order valence-electron chi connectivity index (χ0n) is 23.7. The Balaban J connectivity index is 1.63. The molecular weight excluding hydrogens is 621 g/mol. The quantitative estimate of drug-likeness (QED) is 0.170. The molecule has 14 nitrogen and oxygen atoms in total. The molecule has 5 aromatic rings. The molecule has 0 bridgehead atoms. The minimum Gasteiger partial charge on any atom is -0.481 e. The summed E-state index contributed by atoms with van der Waals surface area (Å²) in [5.41, 5.74) is 4.86. The minimum absolute atomic E-state index is 0.136. The average molecular weight is 647 g/mol. The normalized spacial score (nSPS) is 11.4. The molecule has 0 amide bonds. The van der Waals surface area contributed by atoms with Crippen molar-refractivity contribution in [2.75, 3.05) is 11.9 Å². The third-order valence-electron chi connectivity index (χ3n) is 6.94. The Bertz CT molecular complexity index is 2040. The topological polar surface area (TPSA) is 181 Å². The van der Waals surface area contributed by atoms with Crippen LogP contribution in [-0.2, 0) is 37.9 Å². The highest BCUT2D eigenvalue weighted by atomic mass is 35.5. The van der Waals surface area contributed by atoms with Crippen LogP contribution in [0.5, 0.6) is 0 Å². The number of aromatic nitrogens is 8. The summed E-state index contributed by atoms with van der Waals surface area (Å²) >= 11 is 6.61. The number of rotatable bonds is 12. The first-order chi connectivity index (χ1) is 21.5. The number of fused-ring (bicyclic) bond motifs is 1. The molecule has 0 aliphatic heterocycles. The largest absolute Gasteiger partial charge is 0.481 e. The molecule has 5 rings (SSSR count). The van der Waals surface area contributed by atoms with Gasteiger partial charge < -0.3 is 16.2 Å². The lowest BCUT2D eigenvalue weighted by Crippen LogP contribution is -2.43. The number of aryl methyl sites for hydroxylation is 2. The van der Waals surface area contributed by atoms with Gasteiger partial charge in [-0.25, -0.2) is 37.0 Å². The number of aliphatic carboxylic acids is 1. The maximum absolute atomic E-state index is 14.8. The number of carboxylic acids is 1. The Morgan fingerprint density at radius 3 is 2.58 bits per heavy atom. The number of hydrogen-bond acceptors (Lipinski definition) is 9. The number of nitrogens with one attached hydrogen (secondary N) is 1. The molecule has 0 saturated heterocycles. The van der Waals surface area contributed by atoms with Crippen LogP contribution >= 0.6 is 11.6 Å². The second-order valence-electron chi connectivity index (χ2n) is 10.0. The van der Waals surface area contributed by atoms with Crippen LogP contribution in [0.4, 0.5) is 24.8 Å². The van der Waals surface area contributed by atoms with Crippen LogP contribution in [0.15, 0.2) is 40.3 Å². The van der Waals surface area contributed by atoms with Crippen LogP contribution in [0.25, 0.3) is 10.9 Å². The monoisotopic (exact) mass is 646 g/mol. The molecule has 0 saturated carbocycles. The van der Waals surface area contributed by atoms with E-state index in [2.05, 4.69) is 25.5 Å². The molecule has 3 heterocycles. The summed E-state index contributed by atoms with van der Waals surface area (Å²) in [6.07, 6.45) is 3.28. The molecule has 0 aliphatic carbocycles. The molecule has 4 N–H and O–H groups in total. The maximum atomic E-state index is 14.8. The van der Waals surface area contributed by atoms with E-state index in [4.69, 9.17) is 22.4 Å². The summed E-state index contributed by atoms with van der Waals surface area (Å²) in [4.78, 5) is 46.2. The van der Waals surface area contributed by atoms with Gasteiger partial charge in [0.15, 0.2) is 11.6 Å². The molecule has 3 aromatic heterocycles. The van der Waals surface area contributed by atoms with E-state index in [0.29, 0.717) is 39.6 Å². The number of nitrogens with zero attached hydrogens (tertiary/aromatic N) is 8. The molecule has 0 unspecified atom stereocenters. The van der Waals surface area contributed by atoms with Crippen molar-refractivity contribution in [1.29, 1.82) is 0 Å². The Morgan fingerprint density at radius 1 is 1.09 bits per heavy atom. The molecule has 0 fully saturated rings. The predicted octanol–water partition coefficient (Wildman–Crippen LogP) is 2.16. The highest BCUT2D eigenvalue weighted by Crippen LogP contribution is 2.35. The smallest absolute Gasteiger partial charge is 0.355 e. The van der Waals surface area contributed by atoms with Gasteiger partial charge in [0.2, 0.25) is 5.95 Å². The molecular formula is C27H26ClF3N10O4. The minimum atomic E-state index is -1.42. The van der Waals surface area contributed by atoms with Gasteiger partial charge in [-0.1, -0.05) is 11.6 Å². The first-order valence-electron chi connectivity index (χ1n) is 13.5. The SMILES string of the molecule is Cn1cc2c(CCN)c(Nc3nc(=O)n(Cc4ncnn4CCCC(=O)O)c(=O)n3Cc3cc(F)c(F)cc3F)c(Cl)cc2n1. The molecule has 236 valence electrons. The first-order valence-corrected chi connectivity index (χ1v) is 13.9. The van der Waals surface area contributed by atoms with Crippen LogP contribution in [0.2, 0.25) is 5.02 Å². The van der Waals surface area contributed by atoms with Crippen molar-refractivity contribution in [1.82, 2.24) is 38.7 Å².